The van der Waals surface area contributed by atoms with Crippen LogP contribution in [0, 0.1) is 0 Å². The van der Waals surface area contributed by atoms with Gasteiger partial charge in [0.2, 0.25) is 0 Å². The molecule has 2 N–H and O–H groups in total. The molecular formula is C18H22N2O. The van der Waals surface area contributed by atoms with E-state index in [1.807, 2.05) is 42.5 Å². The molecule has 2 aromatic carbocycles. The summed E-state index contributed by atoms with van der Waals surface area (Å²) in [5, 5.41) is 5.71. The van der Waals surface area contributed by atoms with E-state index in [0.29, 0.717) is 0 Å². The van der Waals surface area contributed by atoms with Crippen molar-refractivity contribution in [2.45, 2.75) is 26.2 Å². The van der Waals surface area contributed by atoms with Crippen LogP contribution in [0.3, 0.4) is 0 Å². The summed E-state index contributed by atoms with van der Waals surface area (Å²) in [6, 6.07) is 17.9. The number of carbonyl (C=O) groups is 1. The van der Waals surface area contributed by atoms with Crippen molar-refractivity contribution in [3.8, 4) is 11.1 Å². The number of hydrogen-bond donors (Lipinski definition) is 2. The fourth-order valence-corrected chi connectivity index (χ4v) is 2.13. The number of amides is 2. The molecule has 0 aromatic heterocycles. The Morgan fingerprint density at radius 1 is 0.905 bits per heavy atom. The van der Waals surface area contributed by atoms with Crippen molar-refractivity contribution in [3.63, 3.8) is 0 Å². The molecule has 0 unspecified atom stereocenters. The predicted molar refractivity (Wildman–Crippen MR) is 88.4 cm³/mol. The van der Waals surface area contributed by atoms with Gasteiger partial charge in [-0.15, -0.1) is 0 Å². The third-order valence-electron chi connectivity index (χ3n) is 3.32. The quantitative estimate of drug-likeness (QED) is 0.743. The van der Waals surface area contributed by atoms with Crippen molar-refractivity contribution in [1.29, 1.82) is 0 Å². The first kappa shape index (κ1) is 15.1. The maximum absolute atomic E-state index is 11.7. The van der Waals surface area contributed by atoms with Crippen LogP contribution in [0.4, 0.5) is 10.5 Å². The first-order chi connectivity index (χ1) is 10.3. The van der Waals surface area contributed by atoms with E-state index in [1.54, 1.807) is 0 Å². The SMILES string of the molecule is CCCCCNC(=O)Nc1ccc(-c2ccccc2)cc1. The van der Waals surface area contributed by atoms with Gasteiger partial charge in [0.1, 0.15) is 0 Å². The van der Waals surface area contributed by atoms with E-state index in [9.17, 15) is 4.79 Å². The van der Waals surface area contributed by atoms with Crippen molar-refractivity contribution in [2.75, 3.05) is 11.9 Å². The fraction of sp³-hybridized carbons (Fsp3) is 0.278. The van der Waals surface area contributed by atoms with E-state index < -0.39 is 0 Å². The first-order valence-electron chi connectivity index (χ1n) is 7.50. The second-order valence-corrected chi connectivity index (χ2v) is 5.03. The number of urea groups is 1. The van der Waals surface area contributed by atoms with Crippen LogP contribution in [-0.2, 0) is 0 Å². The van der Waals surface area contributed by atoms with Gasteiger partial charge in [-0.25, -0.2) is 4.79 Å². The number of nitrogens with one attached hydrogen (secondary N) is 2. The standard InChI is InChI=1S/C18H22N2O/c1-2-3-7-14-19-18(21)20-17-12-10-16(11-13-17)15-8-5-4-6-9-15/h4-6,8-13H,2-3,7,14H2,1H3,(H2,19,20,21). The van der Waals surface area contributed by atoms with E-state index in [-0.39, 0.29) is 6.03 Å². The van der Waals surface area contributed by atoms with E-state index in [4.69, 9.17) is 0 Å². The second kappa shape index (κ2) is 8.10. The Bertz CT molecular complexity index is 549. The van der Waals surface area contributed by atoms with Crippen LogP contribution in [0.2, 0.25) is 0 Å². The van der Waals surface area contributed by atoms with Gasteiger partial charge in [-0.2, -0.15) is 0 Å². The highest BCUT2D eigenvalue weighted by Gasteiger charge is 2.01. The van der Waals surface area contributed by atoms with Gasteiger partial charge in [-0.05, 0) is 29.7 Å². The molecule has 0 saturated carbocycles. The first-order valence-corrected chi connectivity index (χ1v) is 7.50. The van der Waals surface area contributed by atoms with Gasteiger partial charge in [-0.3, -0.25) is 0 Å². The molecule has 0 bridgehead atoms. The Labute approximate surface area is 126 Å². The molecule has 0 heterocycles. The molecule has 3 heteroatoms. The molecule has 110 valence electrons. The summed E-state index contributed by atoms with van der Waals surface area (Å²) in [7, 11) is 0. The zero-order valence-electron chi connectivity index (χ0n) is 12.4. The number of benzene rings is 2. The molecule has 0 aliphatic rings. The molecule has 0 radical (unpaired) electrons. The van der Waals surface area contributed by atoms with E-state index >= 15 is 0 Å². The van der Waals surface area contributed by atoms with Gasteiger partial charge in [0.15, 0.2) is 0 Å². The van der Waals surface area contributed by atoms with Crippen molar-refractivity contribution in [1.82, 2.24) is 5.32 Å². The molecule has 2 rings (SSSR count). The molecule has 0 spiro atoms. The molecular weight excluding hydrogens is 260 g/mol. The highest BCUT2D eigenvalue weighted by Crippen LogP contribution is 2.20. The van der Waals surface area contributed by atoms with Gasteiger partial charge >= 0.3 is 6.03 Å². The van der Waals surface area contributed by atoms with Crippen molar-refractivity contribution in [2.24, 2.45) is 0 Å². The summed E-state index contributed by atoms with van der Waals surface area (Å²) in [4.78, 5) is 11.7. The number of rotatable bonds is 6. The van der Waals surface area contributed by atoms with Crippen LogP contribution in [0.25, 0.3) is 11.1 Å². The summed E-state index contributed by atoms with van der Waals surface area (Å²) in [5.74, 6) is 0. The molecule has 3 nitrogen and oxygen atoms in total. The van der Waals surface area contributed by atoms with Gasteiger partial charge in [0, 0.05) is 12.2 Å². The minimum Gasteiger partial charge on any atom is -0.338 e. The summed E-state index contributed by atoms with van der Waals surface area (Å²) in [6.07, 6.45) is 3.33. The van der Waals surface area contributed by atoms with E-state index in [2.05, 4.69) is 29.7 Å². The summed E-state index contributed by atoms with van der Waals surface area (Å²) in [5.41, 5.74) is 3.13. The third-order valence-corrected chi connectivity index (χ3v) is 3.32. The third kappa shape index (κ3) is 4.95. The molecule has 0 aliphatic heterocycles. The zero-order chi connectivity index (χ0) is 14.9. The van der Waals surface area contributed by atoms with Crippen molar-refractivity contribution in [3.05, 3.63) is 54.6 Å². The van der Waals surface area contributed by atoms with Crippen LogP contribution in [0.15, 0.2) is 54.6 Å². The minimum absolute atomic E-state index is 0.140. The summed E-state index contributed by atoms with van der Waals surface area (Å²) in [6.45, 7) is 2.87. The highest BCUT2D eigenvalue weighted by molar-refractivity contribution is 5.89. The summed E-state index contributed by atoms with van der Waals surface area (Å²) < 4.78 is 0. The topological polar surface area (TPSA) is 41.1 Å². The number of carbonyl (C=O) groups excluding carboxylic acids is 1. The molecule has 0 aliphatic carbocycles. The van der Waals surface area contributed by atoms with Gasteiger partial charge in [0.25, 0.3) is 0 Å². The Hall–Kier alpha value is -2.29. The average Bonchev–Trinajstić information content (AvgIpc) is 2.53. The van der Waals surface area contributed by atoms with Crippen LogP contribution in [0.5, 0.6) is 0 Å². The monoisotopic (exact) mass is 282 g/mol. The predicted octanol–water partition coefficient (Wildman–Crippen LogP) is 4.67. The number of hydrogen-bond acceptors (Lipinski definition) is 1. The molecule has 21 heavy (non-hydrogen) atoms. The minimum atomic E-state index is -0.140. The highest BCUT2D eigenvalue weighted by atomic mass is 16.2. The largest absolute Gasteiger partial charge is 0.338 e. The van der Waals surface area contributed by atoms with E-state index in [1.165, 1.54) is 5.56 Å². The van der Waals surface area contributed by atoms with Gasteiger partial charge in [0.05, 0.1) is 0 Å². The molecule has 2 amide bonds. The number of anilines is 1. The van der Waals surface area contributed by atoms with Crippen LogP contribution < -0.4 is 10.6 Å². The fourth-order valence-electron chi connectivity index (χ4n) is 2.13. The summed E-state index contributed by atoms with van der Waals surface area (Å²) >= 11 is 0. The normalized spacial score (nSPS) is 10.1. The van der Waals surface area contributed by atoms with Gasteiger partial charge < -0.3 is 10.6 Å². The molecule has 0 atom stereocenters. The van der Waals surface area contributed by atoms with Crippen LogP contribution in [0.1, 0.15) is 26.2 Å². The lowest BCUT2D eigenvalue weighted by Crippen LogP contribution is -2.29. The second-order valence-electron chi connectivity index (χ2n) is 5.03. The maximum atomic E-state index is 11.7. The Morgan fingerprint density at radius 3 is 2.24 bits per heavy atom. The maximum Gasteiger partial charge on any atom is 0.319 e. The smallest absolute Gasteiger partial charge is 0.319 e. The lowest BCUT2D eigenvalue weighted by atomic mass is 10.1. The van der Waals surface area contributed by atoms with Crippen LogP contribution >= 0.6 is 0 Å². The Kier molecular flexibility index (Phi) is 5.83. The van der Waals surface area contributed by atoms with Crippen LogP contribution in [-0.4, -0.2) is 12.6 Å². The molecule has 2 aromatic rings. The Morgan fingerprint density at radius 2 is 1.57 bits per heavy atom. The average molecular weight is 282 g/mol. The molecule has 0 fully saturated rings. The lowest BCUT2D eigenvalue weighted by Gasteiger charge is -2.08. The lowest BCUT2D eigenvalue weighted by molar-refractivity contribution is 0.252. The van der Waals surface area contributed by atoms with Crippen molar-refractivity contribution < 1.29 is 4.79 Å². The van der Waals surface area contributed by atoms with Gasteiger partial charge in [-0.1, -0.05) is 62.2 Å². The number of unbranched alkanes of at least 4 members (excludes halogenated alkanes) is 2. The zero-order valence-corrected chi connectivity index (χ0v) is 12.4. The molecule has 0 saturated heterocycles. The van der Waals surface area contributed by atoms with Crippen molar-refractivity contribution >= 4 is 11.7 Å². The Balaban J connectivity index is 1.86. The van der Waals surface area contributed by atoms with E-state index in [0.717, 1.165) is 37.1 Å².